The summed E-state index contributed by atoms with van der Waals surface area (Å²) < 4.78 is 33.9. The number of carbonyl (C=O) groups is 1. The van der Waals surface area contributed by atoms with Crippen molar-refractivity contribution < 1.29 is 18.3 Å². The zero-order chi connectivity index (χ0) is 20.5. The quantitative estimate of drug-likeness (QED) is 0.672. The number of aromatic nitrogens is 2. The van der Waals surface area contributed by atoms with Crippen molar-refractivity contribution in [2.75, 3.05) is 19.7 Å². The van der Waals surface area contributed by atoms with Gasteiger partial charge in [0.05, 0.1) is 35.8 Å². The van der Waals surface area contributed by atoms with E-state index in [1.165, 1.54) is 24.3 Å². The van der Waals surface area contributed by atoms with Crippen molar-refractivity contribution in [3.8, 4) is 5.69 Å². The van der Waals surface area contributed by atoms with Crippen LogP contribution in [0.2, 0.25) is 0 Å². The van der Waals surface area contributed by atoms with E-state index in [-0.39, 0.29) is 23.6 Å². The van der Waals surface area contributed by atoms with Gasteiger partial charge in [-0.15, -0.1) is 0 Å². The van der Waals surface area contributed by atoms with Gasteiger partial charge in [-0.2, -0.15) is 5.10 Å². The van der Waals surface area contributed by atoms with Crippen LogP contribution in [0.1, 0.15) is 33.4 Å². The zero-order valence-corrected chi connectivity index (χ0v) is 16.2. The van der Waals surface area contributed by atoms with Crippen LogP contribution < -0.4 is 0 Å². The fourth-order valence-corrected chi connectivity index (χ4v) is 3.66. The molecule has 0 radical (unpaired) electrons. The SMILES string of the molecule is Cc1nn(-c2ccc(F)cc2)c(C)c1C(=O)N1CCOC(c2ccc(F)cc2)C1. The minimum atomic E-state index is -0.327. The average Bonchev–Trinajstić information content (AvgIpc) is 3.03. The van der Waals surface area contributed by atoms with Gasteiger partial charge in [0, 0.05) is 6.54 Å². The van der Waals surface area contributed by atoms with E-state index < -0.39 is 0 Å². The molecule has 5 nitrogen and oxygen atoms in total. The second-order valence-corrected chi connectivity index (χ2v) is 7.10. The third-order valence-electron chi connectivity index (χ3n) is 5.17. The second-order valence-electron chi connectivity index (χ2n) is 7.10. The summed E-state index contributed by atoms with van der Waals surface area (Å²) in [5.74, 6) is -0.757. The molecule has 0 bridgehead atoms. The van der Waals surface area contributed by atoms with Gasteiger partial charge < -0.3 is 9.64 Å². The minimum absolute atomic E-state index is 0.122. The molecule has 1 aliphatic rings. The Morgan fingerprint density at radius 2 is 1.66 bits per heavy atom. The highest BCUT2D eigenvalue weighted by molar-refractivity contribution is 5.96. The molecule has 1 fully saturated rings. The summed E-state index contributed by atoms with van der Waals surface area (Å²) in [6, 6.07) is 12.1. The molecule has 7 heteroatoms. The number of morpholine rings is 1. The Kier molecular flexibility index (Phi) is 5.15. The molecule has 0 spiro atoms. The predicted octanol–water partition coefficient (Wildman–Crippen LogP) is 3.98. The van der Waals surface area contributed by atoms with E-state index in [1.54, 1.807) is 40.8 Å². The summed E-state index contributed by atoms with van der Waals surface area (Å²) in [5, 5.41) is 4.49. The standard InChI is InChI=1S/C22H21F2N3O2/c1-14-21(15(2)27(25-14)19-9-7-18(24)8-10-19)22(28)26-11-12-29-20(13-26)16-3-5-17(23)6-4-16/h3-10,20H,11-13H2,1-2H3. The Bertz CT molecular complexity index is 1030. The summed E-state index contributed by atoms with van der Waals surface area (Å²) in [4.78, 5) is 15.0. The van der Waals surface area contributed by atoms with Crippen LogP contribution in [0.3, 0.4) is 0 Å². The van der Waals surface area contributed by atoms with Gasteiger partial charge in [-0.25, -0.2) is 13.5 Å². The number of aryl methyl sites for hydroxylation is 1. The summed E-state index contributed by atoms with van der Waals surface area (Å²) in [5.41, 5.74) is 3.37. The number of rotatable bonds is 3. The Labute approximate surface area is 167 Å². The molecule has 2 aromatic carbocycles. The van der Waals surface area contributed by atoms with Crippen LogP contribution in [0.4, 0.5) is 8.78 Å². The molecular formula is C22H21F2N3O2. The molecule has 1 unspecified atom stereocenters. The van der Waals surface area contributed by atoms with E-state index >= 15 is 0 Å². The highest BCUT2D eigenvalue weighted by Gasteiger charge is 2.29. The van der Waals surface area contributed by atoms with Crippen LogP contribution in [0, 0.1) is 25.5 Å². The molecule has 1 atom stereocenters. The molecule has 3 aromatic rings. The largest absolute Gasteiger partial charge is 0.370 e. The molecule has 0 N–H and O–H groups in total. The Hall–Kier alpha value is -3.06. The topological polar surface area (TPSA) is 47.4 Å². The van der Waals surface area contributed by atoms with Gasteiger partial charge in [-0.05, 0) is 55.8 Å². The first-order valence-electron chi connectivity index (χ1n) is 9.42. The van der Waals surface area contributed by atoms with E-state index in [0.29, 0.717) is 42.3 Å². The first-order chi connectivity index (χ1) is 13.9. The van der Waals surface area contributed by atoms with Crippen LogP contribution >= 0.6 is 0 Å². The third-order valence-corrected chi connectivity index (χ3v) is 5.17. The second kappa shape index (κ2) is 7.75. The number of carbonyl (C=O) groups excluding carboxylic acids is 1. The average molecular weight is 397 g/mol. The molecule has 29 heavy (non-hydrogen) atoms. The highest BCUT2D eigenvalue weighted by Crippen LogP contribution is 2.26. The smallest absolute Gasteiger partial charge is 0.257 e. The number of amides is 1. The van der Waals surface area contributed by atoms with E-state index in [4.69, 9.17) is 4.74 Å². The number of nitrogens with zero attached hydrogens (tertiary/aromatic N) is 3. The van der Waals surface area contributed by atoms with Crippen LogP contribution in [0.25, 0.3) is 5.69 Å². The number of hydrogen-bond acceptors (Lipinski definition) is 3. The lowest BCUT2D eigenvalue weighted by molar-refractivity contribution is -0.0229. The number of hydrogen-bond donors (Lipinski definition) is 0. The fraction of sp³-hybridized carbons (Fsp3) is 0.273. The van der Waals surface area contributed by atoms with Crippen molar-refractivity contribution in [2.24, 2.45) is 0 Å². The molecule has 1 aliphatic heterocycles. The van der Waals surface area contributed by atoms with Gasteiger partial charge in [-0.3, -0.25) is 4.79 Å². The van der Waals surface area contributed by atoms with Crippen molar-refractivity contribution in [1.82, 2.24) is 14.7 Å². The van der Waals surface area contributed by atoms with Crippen LogP contribution in [-0.2, 0) is 4.74 Å². The van der Waals surface area contributed by atoms with Crippen LogP contribution in [0.15, 0.2) is 48.5 Å². The lowest BCUT2D eigenvalue weighted by Gasteiger charge is -2.33. The van der Waals surface area contributed by atoms with Gasteiger partial charge in [0.15, 0.2) is 0 Å². The summed E-state index contributed by atoms with van der Waals surface area (Å²) >= 11 is 0. The first-order valence-corrected chi connectivity index (χ1v) is 9.42. The first kappa shape index (κ1) is 19.3. The molecule has 1 saturated heterocycles. The van der Waals surface area contributed by atoms with Crippen molar-refractivity contribution in [1.29, 1.82) is 0 Å². The maximum absolute atomic E-state index is 13.3. The zero-order valence-electron chi connectivity index (χ0n) is 16.2. The molecule has 2 heterocycles. The lowest BCUT2D eigenvalue weighted by atomic mass is 10.1. The maximum Gasteiger partial charge on any atom is 0.257 e. The number of halogens is 2. The molecule has 1 amide bonds. The highest BCUT2D eigenvalue weighted by atomic mass is 19.1. The summed E-state index contributed by atoms with van der Waals surface area (Å²) in [6.07, 6.45) is -0.305. The van der Waals surface area contributed by atoms with Crippen LogP contribution in [0.5, 0.6) is 0 Å². The molecule has 150 valence electrons. The van der Waals surface area contributed by atoms with Gasteiger partial charge in [0.25, 0.3) is 5.91 Å². The summed E-state index contributed by atoms with van der Waals surface area (Å²) in [6.45, 7) is 4.87. The van der Waals surface area contributed by atoms with Crippen molar-refractivity contribution in [2.45, 2.75) is 20.0 Å². The fourth-order valence-electron chi connectivity index (χ4n) is 3.66. The molecule has 1 aromatic heterocycles. The van der Waals surface area contributed by atoms with Gasteiger partial charge in [-0.1, -0.05) is 12.1 Å². The normalized spacial score (nSPS) is 16.8. The minimum Gasteiger partial charge on any atom is -0.370 e. The Morgan fingerprint density at radius 1 is 1.03 bits per heavy atom. The van der Waals surface area contributed by atoms with E-state index in [0.717, 1.165) is 5.56 Å². The van der Waals surface area contributed by atoms with Crippen LogP contribution in [-0.4, -0.2) is 40.3 Å². The Balaban J connectivity index is 1.59. The van der Waals surface area contributed by atoms with Crippen molar-refractivity contribution in [3.63, 3.8) is 0 Å². The van der Waals surface area contributed by atoms with Gasteiger partial charge >= 0.3 is 0 Å². The summed E-state index contributed by atoms with van der Waals surface area (Å²) in [7, 11) is 0. The molecule has 0 aliphatic carbocycles. The van der Waals surface area contributed by atoms with E-state index in [2.05, 4.69) is 5.10 Å². The monoisotopic (exact) mass is 397 g/mol. The third kappa shape index (κ3) is 3.78. The van der Waals surface area contributed by atoms with Gasteiger partial charge in [0.1, 0.15) is 17.7 Å². The Morgan fingerprint density at radius 3 is 2.31 bits per heavy atom. The molecular weight excluding hydrogens is 376 g/mol. The van der Waals surface area contributed by atoms with Crippen molar-refractivity contribution in [3.05, 3.63) is 82.7 Å². The molecule has 0 saturated carbocycles. The van der Waals surface area contributed by atoms with E-state index in [9.17, 15) is 13.6 Å². The van der Waals surface area contributed by atoms with Crippen molar-refractivity contribution >= 4 is 5.91 Å². The lowest BCUT2D eigenvalue weighted by Crippen LogP contribution is -2.42. The van der Waals surface area contributed by atoms with Gasteiger partial charge in [0.2, 0.25) is 0 Å². The van der Waals surface area contributed by atoms with E-state index in [1.807, 2.05) is 6.92 Å². The number of benzene rings is 2. The molecule has 4 rings (SSSR count). The predicted molar refractivity (Wildman–Crippen MR) is 104 cm³/mol. The maximum atomic E-state index is 13.3. The number of ether oxygens (including phenoxy) is 1.